The van der Waals surface area contributed by atoms with Crippen LogP contribution in [0.4, 0.5) is 0 Å². The summed E-state index contributed by atoms with van der Waals surface area (Å²) in [4.78, 5) is 4.26. The van der Waals surface area contributed by atoms with Gasteiger partial charge in [0.1, 0.15) is 0 Å². The van der Waals surface area contributed by atoms with Crippen LogP contribution in [0, 0.1) is 6.92 Å². The number of rotatable bonds is 2. The van der Waals surface area contributed by atoms with Crippen molar-refractivity contribution in [2.24, 2.45) is 0 Å². The molecule has 0 amide bonds. The van der Waals surface area contributed by atoms with Crippen molar-refractivity contribution in [1.82, 2.24) is 9.55 Å². The third-order valence-corrected chi connectivity index (χ3v) is 2.55. The van der Waals surface area contributed by atoms with E-state index >= 15 is 0 Å². The largest absolute Gasteiger partial charge is 0.306 e. The highest BCUT2D eigenvalue weighted by atomic mass is 15.0. The summed E-state index contributed by atoms with van der Waals surface area (Å²) in [7, 11) is 0. The molecule has 0 radical (unpaired) electrons. The van der Waals surface area contributed by atoms with Crippen molar-refractivity contribution in [2.75, 3.05) is 0 Å². The first kappa shape index (κ1) is 9.97. The van der Waals surface area contributed by atoms with Crippen molar-refractivity contribution in [3.63, 3.8) is 0 Å². The molecule has 2 rings (SSSR count). The van der Waals surface area contributed by atoms with Gasteiger partial charge in [0.05, 0.1) is 12.0 Å². The molecule has 2 nitrogen and oxygen atoms in total. The Hall–Kier alpha value is -1.57. The lowest BCUT2D eigenvalue weighted by Crippen LogP contribution is -1.98. The number of hydrogen-bond acceptors (Lipinski definition) is 1. The fourth-order valence-electron chi connectivity index (χ4n) is 1.76. The molecule has 0 aliphatic rings. The molecule has 0 saturated carbocycles. The quantitative estimate of drug-likeness (QED) is 0.727. The monoisotopic (exact) mass is 200 g/mol. The van der Waals surface area contributed by atoms with Crippen molar-refractivity contribution >= 4 is 0 Å². The first-order chi connectivity index (χ1) is 7.18. The van der Waals surface area contributed by atoms with Gasteiger partial charge in [-0.1, -0.05) is 32.0 Å². The van der Waals surface area contributed by atoms with Gasteiger partial charge in [-0.05, 0) is 24.5 Å². The second kappa shape index (κ2) is 3.89. The van der Waals surface area contributed by atoms with E-state index in [0.717, 1.165) is 5.69 Å². The van der Waals surface area contributed by atoms with Crippen LogP contribution in [0.1, 0.15) is 31.0 Å². The topological polar surface area (TPSA) is 17.8 Å². The number of aryl methyl sites for hydroxylation is 1. The average molecular weight is 200 g/mol. The molecule has 0 saturated heterocycles. The first-order valence-corrected chi connectivity index (χ1v) is 5.28. The highest BCUT2D eigenvalue weighted by molar-refractivity contribution is 5.43. The Bertz CT molecular complexity index is 455. The van der Waals surface area contributed by atoms with E-state index in [4.69, 9.17) is 0 Å². The number of benzene rings is 1. The summed E-state index contributed by atoms with van der Waals surface area (Å²) in [5.74, 6) is 0.531. The van der Waals surface area contributed by atoms with Crippen molar-refractivity contribution in [3.05, 3.63) is 48.0 Å². The maximum absolute atomic E-state index is 4.26. The third-order valence-electron chi connectivity index (χ3n) is 2.55. The lowest BCUT2D eigenvalue weighted by Gasteiger charge is -2.12. The van der Waals surface area contributed by atoms with Gasteiger partial charge in [0.25, 0.3) is 0 Å². The Balaban J connectivity index is 2.52. The molecule has 15 heavy (non-hydrogen) atoms. The van der Waals surface area contributed by atoms with E-state index in [1.54, 1.807) is 0 Å². The van der Waals surface area contributed by atoms with E-state index in [1.165, 1.54) is 11.3 Å². The van der Waals surface area contributed by atoms with Gasteiger partial charge in [-0.15, -0.1) is 0 Å². The van der Waals surface area contributed by atoms with E-state index < -0.39 is 0 Å². The Morgan fingerprint density at radius 3 is 2.53 bits per heavy atom. The number of para-hydroxylation sites is 1. The summed E-state index contributed by atoms with van der Waals surface area (Å²) in [6, 6.07) is 8.46. The van der Waals surface area contributed by atoms with Crippen LogP contribution in [0.2, 0.25) is 0 Å². The summed E-state index contributed by atoms with van der Waals surface area (Å²) in [6.07, 6.45) is 3.93. The highest BCUT2D eigenvalue weighted by Crippen LogP contribution is 2.22. The van der Waals surface area contributed by atoms with Crippen LogP contribution in [0.5, 0.6) is 0 Å². The van der Waals surface area contributed by atoms with Crippen molar-refractivity contribution < 1.29 is 0 Å². The molecule has 2 aromatic rings. The third kappa shape index (κ3) is 1.94. The van der Waals surface area contributed by atoms with Crippen LogP contribution in [0.25, 0.3) is 5.69 Å². The number of imidazole rings is 1. The SMILES string of the molecule is Cc1cn(-c2ccccc2C(C)C)cn1. The Labute approximate surface area is 90.6 Å². The molecule has 2 heteroatoms. The van der Waals surface area contributed by atoms with Crippen LogP contribution in [0.15, 0.2) is 36.8 Å². The normalized spacial score (nSPS) is 10.9. The summed E-state index contributed by atoms with van der Waals surface area (Å²) < 4.78 is 2.09. The summed E-state index contributed by atoms with van der Waals surface area (Å²) in [5, 5.41) is 0. The van der Waals surface area contributed by atoms with Gasteiger partial charge in [0.2, 0.25) is 0 Å². The second-order valence-corrected chi connectivity index (χ2v) is 4.14. The van der Waals surface area contributed by atoms with Crippen LogP contribution in [-0.4, -0.2) is 9.55 Å². The van der Waals surface area contributed by atoms with Gasteiger partial charge in [0, 0.05) is 11.9 Å². The van der Waals surface area contributed by atoms with E-state index in [9.17, 15) is 0 Å². The highest BCUT2D eigenvalue weighted by Gasteiger charge is 2.07. The Morgan fingerprint density at radius 2 is 1.93 bits per heavy atom. The molecule has 0 bridgehead atoms. The Kier molecular flexibility index (Phi) is 2.58. The predicted octanol–water partition coefficient (Wildman–Crippen LogP) is 3.30. The minimum absolute atomic E-state index is 0.531. The van der Waals surface area contributed by atoms with Crippen LogP contribution in [0.3, 0.4) is 0 Å². The van der Waals surface area contributed by atoms with E-state index in [1.807, 2.05) is 13.3 Å². The molecular weight excluding hydrogens is 184 g/mol. The zero-order chi connectivity index (χ0) is 10.8. The van der Waals surface area contributed by atoms with Gasteiger partial charge in [-0.25, -0.2) is 4.98 Å². The van der Waals surface area contributed by atoms with E-state index in [0.29, 0.717) is 5.92 Å². The number of aromatic nitrogens is 2. The maximum atomic E-state index is 4.26. The van der Waals surface area contributed by atoms with Crippen molar-refractivity contribution in [2.45, 2.75) is 26.7 Å². The molecule has 0 aliphatic heterocycles. The molecule has 1 aromatic heterocycles. The maximum Gasteiger partial charge on any atom is 0.0995 e. The summed E-state index contributed by atoms with van der Waals surface area (Å²) in [5.41, 5.74) is 3.64. The van der Waals surface area contributed by atoms with Gasteiger partial charge < -0.3 is 4.57 Å². The molecule has 1 heterocycles. The number of nitrogens with zero attached hydrogens (tertiary/aromatic N) is 2. The number of hydrogen-bond donors (Lipinski definition) is 0. The minimum Gasteiger partial charge on any atom is -0.306 e. The lowest BCUT2D eigenvalue weighted by atomic mass is 10.0. The molecule has 0 unspecified atom stereocenters. The zero-order valence-corrected chi connectivity index (χ0v) is 9.44. The van der Waals surface area contributed by atoms with Crippen molar-refractivity contribution in [3.8, 4) is 5.69 Å². The summed E-state index contributed by atoms with van der Waals surface area (Å²) in [6.45, 7) is 6.43. The Morgan fingerprint density at radius 1 is 1.20 bits per heavy atom. The molecule has 1 aromatic carbocycles. The average Bonchev–Trinajstić information content (AvgIpc) is 2.65. The molecular formula is C13H16N2. The second-order valence-electron chi connectivity index (χ2n) is 4.14. The smallest absolute Gasteiger partial charge is 0.0995 e. The minimum atomic E-state index is 0.531. The molecule has 0 atom stereocenters. The van der Waals surface area contributed by atoms with Crippen LogP contribution >= 0.6 is 0 Å². The molecule has 0 aliphatic carbocycles. The molecule has 0 spiro atoms. The fourth-order valence-corrected chi connectivity index (χ4v) is 1.76. The molecule has 78 valence electrons. The standard InChI is InChI=1S/C13H16N2/c1-10(2)12-6-4-5-7-13(12)15-8-11(3)14-9-15/h4-10H,1-3H3. The van der Waals surface area contributed by atoms with Gasteiger partial charge >= 0.3 is 0 Å². The van der Waals surface area contributed by atoms with Crippen LogP contribution in [-0.2, 0) is 0 Å². The van der Waals surface area contributed by atoms with Crippen molar-refractivity contribution in [1.29, 1.82) is 0 Å². The first-order valence-electron chi connectivity index (χ1n) is 5.28. The fraction of sp³-hybridized carbons (Fsp3) is 0.308. The predicted molar refractivity (Wildman–Crippen MR) is 62.4 cm³/mol. The lowest BCUT2D eigenvalue weighted by molar-refractivity contribution is 0.846. The van der Waals surface area contributed by atoms with Crippen LogP contribution < -0.4 is 0 Å². The molecule has 0 fully saturated rings. The van der Waals surface area contributed by atoms with E-state index in [-0.39, 0.29) is 0 Å². The zero-order valence-electron chi connectivity index (χ0n) is 9.44. The van der Waals surface area contributed by atoms with E-state index in [2.05, 4.69) is 53.9 Å². The van der Waals surface area contributed by atoms with Gasteiger partial charge in [0.15, 0.2) is 0 Å². The molecule has 0 N–H and O–H groups in total. The van der Waals surface area contributed by atoms with Gasteiger partial charge in [-0.2, -0.15) is 0 Å². The van der Waals surface area contributed by atoms with Gasteiger partial charge in [-0.3, -0.25) is 0 Å². The summed E-state index contributed by atoms with van der Waals surface area (Å²) >= 11 is 0.